The maximum absolute atomic E-state index is 12.3. The van der Waals surface area contributed by atoms with Gasteiger partial charge in [0.15, 0.2) is 0 Å². The molecule has 1 aliphatic rings. The molecule has 0 bridgehead atoms. The lowest BCUT2D eigenvalue weighted by Crippen LogP contribution is -2.46. The highest BCUT2D eigenvalue weighted by molar-refractivity contribution is 5.81. The number of ether oxygens (including phenoxy) is 1. The van der Waals surface area contributed by atoms with Gasteiger partial charge in [0.1, 0.15) is 0 Å². The minimum Gasteiger partial charge on any atom is -0.381 e. The van der Waals surface area contributed by atoms with Crippen LogP contribution in [0.5, 0.6) is 0 Å². The predicted octanol–water partition coefficient (Wildman–Crippen LogP) is 3.03. The third-order valence-electron chi connectivity index (χ3n) is 4.85. The molecule has 2 aromatic rings. The highest BCUT2D eigenvalue weighted by Crippen LogP contribution is 2.21. The number of nitrogens with one attached hydrogen (secondary N) is 1. The van der Waals surface area contributed by atoms with E-state index in [-0.39, 0.29) is 11.8 Å². The van der Waals surface area contributed by atoms with Crippen molar-refractivity contribution in [2.75, 3.05) is 13.2 Å². The monoisotopic (exact) mass is 338 g/mol. The number of rotatable bonds is 5. The van der Waals surface area contributed by atoms with Crippen molar-refractivity contribution < 1.29 is 9.53 Å². The van der Waals surface area contributed by atoms with Crippen molar-refractivity contribution in [2.24, 2.45) is 11.7 Å². The minimum atomic E-state index is -0.449. The van der Waals surface area contributed by atoms with Crippen molar-refractivity contribution in [3.63, 3.8) is 0 Å². The van der Waals surface area contributed by atoms with Gasteiger partial charge >= 0.3 is 0 Å². The van der Waals surface area contributed by atoms with Gasteiger partial charge in [0.25, 0.3) is 0 Å². The van der Waals surface area contributed by atoms with Crippen LogP contribution in [0.25, 0.3) is 11.1 Å². The molecule has 2 aromatic carbocycles. The van der Waals surface area contributed by atoms with Crippen LogP contribution >= 0.6 is 0 Å². The highest BCUT2D eigenvalue weighted by Gasteiger charge is 2.26. The summed E-state index contributed by atoms with van der Waals surface area (Å²) in [5.41, 5.74) is 10.8. The number of amides is 1. The Bertz CT molecular complexity index is 706. The number of hydrogen-bond donors (Lipinski definition) is 2. The molecule has 0 radical (unpaired) electrons. The molecule has 0 spiro atoms. The topological polar surface area (TPSA) is 64.4 Å². The molecule has 0 aromatic heterocycles. The molecule has 25 heavy (non-hydrogen) atoms. The van der Waals surface area contributed by atoms with E-state index in [9.17, 15) is 4.79 Å². The van der Waals surface area contributed by atoms with Crippen molar-refractivity contribution in [3.05, 3.63) is 59.7 Å². The van der Waals surface area contributed by atoms with E-state index in [4.69, 9.17) is 10.5 Å². The quantitative estimate of drug-likeness (QED) is 0.881. The van der Waals surface area contributed by atoms with Crippen molar-refractivity contribution in [2.45, 2.75) is 32.4 Å². The number of carbonyl (C=O) groups is 1. The molecule has 1 aliphatic heterocycles. The molecule has 3 N–H and O–H groups in total. The largest absolute Gasteiger partial charge is 0.381 e. The van der Waals surface area contributed by atoms with Gasteiger partial charge < -0.3 is 15.8 Å². The smallest absolute Gasteiger partial charge is 0.237 e. The van der Waals surface area contributed by atoms with E-state index in [1.165, 1.54) is 16.7 Å². The molecule has 0 aliphatic carbocycles. The molecule has 1 atom stereocenters. The molecular weight excluding hydrogens is 312 g/mol. The maximum atomic E-state index is 12.3. The lowest BCUT2D eigenvalue weighted by Gasteiger charge is -2.26. The van der Waals surface area contributed by atoms with Gasteiger partial charge in [-0.2, -0.15) is 0 Å². The summed E-state index contributed by atoms with van der Waals surface area (Å²) in [4.78, 5) is 12.3. The fraction of sp³-hybridized carbons (Fsp3) is 0.381. The average molecular weight is 338 g/mol. The number of carbonyl (C=O) groups excluding carboxylic acids is 1. The number of nitrogens with two attached hydrogens (primary N) is 1. The van der Waals surface area contributed by atoms with E-state index in [2.05, 4.69) is 60.8 Å². The zero-order valence-corrected chi connectivity index (χ0v) is 14.7. The Morgan fingerprint density at radius 3 is 2.56 bits per heavy atom. The first-order chi connectivity index (χ1) is 12.1. The van der Waals surface area contributed by atoms with Crippen LogP contribution in [-0.2, 0) is 16.1 Å². The van der Waals surface area contributed by atoms with Crippen LogP contribution in [0.2, 0.25) is 0 Å². The number of aryl methyl sites for hydroxylation is 1. The minimum absolute atomic E-state index is 0.0744. The van der Waals surface area contributed by atoms with Crippen molar-refractivity contribution in [1.82, 2.24) is 5.32 Å². The molecule has 1 heterocycles. The van der Waals surface area contributed by atoms with Crippen LogP contribution in [0.1, 0.15) is 24.0 Å². The van der Waals surface area contributed by atoms with Gasteiger partial charge in [-0.1, -0.05) is 54.1 Å². The molecule has 1 amide bonds. The first kappa shape index (κ1) is 17.6. The first-order valence-electron chi connectivity index (χ1n) is 8.90. The standard InChI is InChI=1S/C21H26N2O2/c1-15-3-2-4-19(13-15)17-7-5-16(6-8-17)14-23-21(24)20(22)18-9-11-25-12-10-18/h2-8,13,18,20H,9-12,14,22H2,1H3,(H,23,24). The molecule has 1 fully saturated rings. The fourth-order valence-electron chi connectivity index (χ4n) is 3.24. The van der Waals surface area contributed by atoms with Gasteiger partial charge in [0.2, 0.25) is 5.91 Å². The lowest BCUT2D eigenvalue weighted by molar-refractivity contribution is -0.124. The average Bonchev–Trinajstić information content (AvgIpc) is 2.66. The van der Waals surface area contributed by atoms with Gasteiger partial charge in [-0.3, -0.25) is 4.79 Å². The summed E-state index contributed by atoms with van der Waals surface area (Å²) in [5, 5.41) is 2.96. The van der Waals surface area contributed by atoms with Gasteiger partial charge in [0, 0.05) is 19.8 Å². The number of hydrogen-bond acceptors (Lipinski definition) is 3. The second-order valence-corrected chi connectivity index (χ2v) is 6.76. The number of benzene rings is 2. The van der Waals surface area contributed by atoms with Crippen LogP contribution in [-0.4, -0.2) is 25.2 Å². The van der Waals surface area contributed by atoms with Crippen molar-refractivity contribution >= 4 is 5.91 Å². The predicted molar refractivity (Wildman–Crippen MR) is 100.0 cm³/mol. The van der Waals surface area contributed by atoms with Gasteiger partial charge in [-0.05, 0) is 42.4 Å². The summed E-state index contributed by atoms with van der Waals surface area (Å²) in [7, 11) is 0. The van der Waals surface area contributed by atoms with Gasteiger partial charge in [0.05, 0.1) is 6.04 Å². The maximum Gasteiger partial charge on any atom is 0.237 e. The molecular formula is C21H26N2O2. The molecule has 4 nitrogen and oxygen atoms in total. The van der Waals surface area contributed by atoms with Gasteiger partial charge in [-0.25, -0.2) is 0 Å². The van der Waals surface area contributed by atoms with Crippen LogP contribution in [0.4, 0.5) is 0 Å². The van der Waals surface area contributed by atoms with Gasteiger partial charge in [-0.15, -0.1) is 0 Å². The summed E-state index contributed by atoms with van der Waals surface area (Å²) in [6, 6.07) is 16.3. The Balaban J connectivity index is 1.55. The molecule has 1 unspecified atom stereocenters. The van der Waals surface area contributed by atoms with Crippen LogP contribution in [0.15, 0.2) is 48.5 Å². The summed E-state index contributed by atoms with van der Waals surface area (Å²) in [6.45, 7) is 4.00. The molecule has 1 saturated heterocycles. The Hall–Kier alpha value is -2.17. The Labute approximate surface area is 149 Å². The third kappa shape index (κ3) is 4.68. The van der Waals surface area contributed by atoms with E-state index in [0.717, 1.165) is 18.4 Å². The third-order valence-corrected chi connectivity index (χ3v) is 4.85. The SMILES string of the molecule is Cc1cccc(-c2ccc(CNC(=O)C(N)C3CCOCC3)cc2)c1. The van der Waals surface area contributed by atoms with Crippen molar-refractivity contribution in [3.8, 4) is 11.1 Å². The van der Waals surface area contributed by atoms with E-state index in [1.54, 1.807) is 0 Å². The van der Waals surface area contributed by atoms with Crippen LogP contribution < -0.4 is 11.1 Å². The zero-order chi connectivity index (χ0) is 17.6. The van der Waals surface area contributed by atoms with E-state index in [1.807, 2.05) is 0 Å². The zero-order valence-electron chi connectivity index (χ0n) is 14.7. The highest BCUT2D eigenvalue weighted by atomic mass is 16.5. The van der Waals surface area contributed by atoms with Crippen LogP contribution in [0, 0.1) is 12.8 Å². The van der Waals surface area contributed by atoms with E-state index >= 15 is 0 Å². The summed E-state index contributed by atoms with van der Waals surface area (Å²) < 4.78 is 5.33. The summed E-state index contributed by atoms with van der Waals surface area (Å²) in [6.07, 6.45) is 1.72. The Morgan fingerprint density at radius 1 is 1.16 bits per heavy atom. The lowest BCUT2D eigenvalue weighted by atomic mass is 9.92. The molecule has 132 valence electrons. The first-order valence-corrected chi connectivity index (χ1v) is 8.90. The summed E-state index contributed by atoms with van der Waals surface area (Å²) in [5.74, 6) is 0.145. The second kappa shape index (κ2) is 8.28. The second-order valence-electron chi connectivity index (χ2n) is 6.76. The fourth-order valence-corrected chi connectivity index (χ4v) is 3.24. The van der Waals surface area contributed by atoms with E-state index in [0.29, 0.717) is 19.8 Å². The Morgan fingerprint density at radius 2 is 1.88 bits per heavy atom. The molecule has 0 saturated carbocycles. The summed E-state index contributed by atoms with van der Waals surface area (Å²) >= 11 is 0. The van der Waals surface area contributed by atoms with Crippen LogP contribution in [0.3, 0.4) is 0 Å². The Kier molecular flexibility index (Phi) is 5.84. The van der Waals surface area contributed by atoms with E-state index < -0.39 is 6.04 Å². The molecule has 3 rings (SSSR count). The van der Waals surface area contributed by atoms with Crippen molar-refractivity contribution in [1.29, 1.82) is 0 Å². The molecule has 4 heteroatoms. The normalized spacial score (nSPS) is 16.4.